The van der Waals surface area contributed by atoms with Gasteiger partial charge in [-0.1, -0.05) is 12.8 Å². The third kappa shape index (κ3) is 8.22. The third-order valence-corrected chi connectivity index (χ3v) is 2.20. The molecule has 0 heterocycles. The van der Waals surface area contributed by atoms with Crippen molar-refractivity contribution in [2.45, 2.75) is 32.1 Å². The predicted octanol–water partition coefficient (Wildman–Crippen LogP) is 1.35. The van der Waals surface area contributed by atoms with Crippen molar-refractivity contribution >= 4 is 0 Å². The summed E-state index contributed by atoms with van der Waals surface area (Å²) in [5, 5.41) is 17.5. The summed E-state index contributed by atoms with van der Waals surface area (Å²) in [6.45, 7) is 1.11. The fourth-order valence-corrected chi connectivity index (χ4v) is 1.30. The molecule has 79 valence electrons. The average Bonchev–Trinajstić information content (AvgIpc) is 2.17. The van der Waals surface area contributed by atoms with Crippen LogP contribution < -0.4 is 0 Å². The van der Waals surface area contributed by atoms with Crippen molar-refractivity contribution < 1.29 is 14.9 Å². The molecule has 0 aromatic heterocycles. The molecule has 0 bridgehead atoms. The first-order valence-corrected chi connectivity index (χ1v) is 4.93. The zero-order valence-electron chi connectivity index (χ0n) is 8.24. The molecule has 0 saturated heterocycles. The average molecular weight is 189 g/mol. The van der Waals surface area contributed by atoms with E-state index in [0.717, 1.165) is 32.1 Å². The Kier molecular flexibility index (Phi) is 9.87. The topological polar surface area (TPSA) is 49.7 Å². The molecule has 0 unspecified atom stereocenters. The summed E-state index contributed by atoms with van der Waals surface area (Å²) in [5.74, 6) is 0.334. The van der Waals surface area contributed by atoms with Gasteiger partial charge in [-0.3, -0.25) is 0 Å². The van der Waals surface area contributed by atoms with Crippen LogP contribution in [0.4, 0.5) is 0 Å². The molecule has 0 aliphatic heterocycles. The summed E-state index contributed by atoms with van der Waals surface area (Å²) < 4.78 is 4.70. The maximum atomic E-state index is 8.98. The second kappa shape index (κ2) is 9.96. The number of aliphatic hydroxyl groups excluding tert-OH is 2. The van der Waals surface area contributed by atoms with Crippen molar-refractivity contribution in [2.24, 2.45) is 5.92 Å². The van der Waals surface area contributed by atoms with E-state index in [9.17, 15) is 0 Å². The molecule has 0 saturated carbocycles. The minimum atomic E-state index is 0.225. The maximum Gasteiger partial charge on any atom is 0.0700 e. The molecule has 0 aliphatic carbocycles. The van der Waals surface area contributed by atoms with Gasteiger partial charge in [0, 0.05) is 19.8 Å². The molecular weight excluding hydrogens is 168 g/mol. The number of rotatable bonds is 9. The van der Waals surface area contributed by atoms with Crippen LogP contribution in [0.3, 0.4) is 0 Å². The van der Waals surface area contributed by atoms with Crippen LogP contribution in [-0.4, -0.2) is 30.0 Å². The molecule has 1 radical (unpaired) electrons. The first kappa shape index (κ1) is 12.9. The van der Waals surface area contributed by atoms with Gasteiger partial charge in [-0.25, -0.2) is 0 Å². The highest BCUT2D eigenvalue weighted by molar-refractivity contribution is 4.57. The highest BCUT2D eigenvalue weighted by Gasteiger charge is 2.06. The van der Waals surface area contributed by atoms with Crippen molar-refractivity contribution in [2.75, 3.05) is 19.8 Å². The van der Waals surface area contributed by atoms with Gasteiger partial charge in [0.2, 0.25) is 0 Å². The second-order valence-corrected chi connectivity index (χ2v) is 3.32. The lowest BCUT2D eigenvalue weighted by Gasteiger charge is -2.12. The minimum absolute atomic E-state index is 0.225. The van der Waals surface area contributed by atoms with Gasteiger partial charge < -0.3 is 14.9 Å². The molecule has 3 heteroatoms. The van der Waals surface area contributed by atoms with Crippen LogP contribution in [0.15, 0.2) is 0 Å². The number of unbranched alkanes of at least 4 members (excludes halogenated alkanes) is 2. The Morgan fingerprint density at radius 2 is 1.85 bits per heavy atom. The molecule has 0 rings (SSSR count). The molecule has 0 aromatic rings. The van der Waals surface area contributed by atoms with Crippen LogP contribution in [0.2, 0.25) is 0 Å². The smallest absolute Gasteiger partial charge is 0.0700 e. The largest absolute Gasteiger partial charge is 0.396 e. The Bertz CT molecular complexity index is 96.2. The molecule has 3 nitrogen and oxygen atoms in total. The van der Waals surface area contributed by atoms with Crippen LogP contribution in [0.5, 0.6) is 0 Å². The predicted molar refractivity (Wildman–Crippen MR) is 52.1 cm³/mol. The summed E-state index contributed by atoms with van der Waals surface area (Å²) in [5.41, 5.74) is 0. The number of hydrogen-bond donors (Lipinski definition) is 2. The van der Waals surface area contributed by atoms with E-state index in [1.165, 1.54) is 0 Å². The Morgan fingerprint density at radius 1 is 1.08 bits per heavy atom. The molecule has 0 aliphatic rings. The lowest BCUT2D eigenvalue weighted by molar-refractivity contribution is 0.160. The molecule has 2 N–H and O–H groups in total. The Labute approximate surface area is 80.7 Å². The van der Waals surface area contributed by atoms with Gasteiger partial charge in [-0.2, -0.15) is 0 Å². The van der Waals surface area contributed by atoms with Gasteiger partial charge >= 0.3 is 0 Å². The normalized spacial score (nSPS) is 13.2. The van der Waals surface area contributed by atoms with E-state index in [2.05, 4.69) is 7.11 Å². The van der Waals surface area contributed by atoms with E-state index in [4.69, 9.17) is 14.9 Å². The highest BCUT2D eigenvalue weighted by Crippen LogP contribution is 2.13. The molecule has 1 atom stereocenters. The number of aliphatic hydroxyl groups is 2. The monoisotopic (exact) mass is 189 g/mol. The van der Waals surface area contributed by atoms with E-state index in [-0.39, 0.29) is 13.2 Å². The fourth-order valence-electron chi connectivity index (χ4n) is 1.30. The maximum absolute atomic E-state index is 8.98. The summed E-state index contributed by atoms with van der Waals surface area (Å²) >= 11 is 0. The van der Waals surface area contributed by atoms with E-state index in [1.54, 1.807) is 0 Å². The summed E-state index contributed by atoms with van der Waals surface area (Å²) in [6, 6.07) is 0. The molecule has 0 aromatic carbocycles. The standard InChI is InChI=1S/C10H21O3/c1-13-8-6-10(9-12)5-3-2-4-7-11/h10-12H,1-9H2/t10-/m0/s1. The van der Waals surface area contributed by atoms with Gasteiger partial charge in [-0.05, 0) is 25.2 Å². The molecule has 0 spiro atoms. The highest BCUT2D eigenvalue weighted by atomic mass is 16.5. The fraction of sp³-hybridized carbons (Fsp3) is 0.900. The lowest BCUT2D eigenvalue weighted by atomic mass is 9.99. The first-order valence-electron chi connectivity index (χ1n) is 4.93. The van der Waals surface area contributed by atoms with Crippen molar-refractivity contribution in [3.8, 4) is 0 Å². The van der Waals surface area contributed by atoms with Gasteiger partial charge in [0.25, 0.3) is 0 Å². The van der Waals surface area contributed by atoms with Crippen LogP contribution in [-0.2, 0) is 4.74 Å². The van der Waals surface area contributed by atoms with Gasteiger partial charge in [0.1, 0.15) is 0 Å². The number of ether oxygens (including phenoxy) is 1. The summed E-state index contributed by atoms with van der Waals surface area (Å²) in [6.07, 6.45) is 4.87. The third-order valence-electron chi connectivity index (χ3n) is 2.20. The Hall–Kier alpha value is -0.120. The first-order chi connectivity index (χ1) is 6.35. The van der Waals surface area contributed by atoms with Crippen molar-refractivity contribution in [1.29, 1.82) is 0 Å². The van der Waals surface area contributed by atoms with E-state index < -0.39 is 0 Å². The van der Waals surface area contributed by atoms with Gasteiger partial charge in [0.15, 0.2) is 0 Å². The van der Waals surface area contributed by atoms with Crippen LogP contribution in [0, 0.1) is 13.0 Å². The molecular formula is C10H21O3. The summed E-state index contributed by atoms with van der Waals surface area (Å²) in [7, 11) is 3.29. The van der Waals surface area contributed by atoms with Gasteiger partial charge in [-0.15, -0.1) is 0 Å². The Morgan fingerprint density at radius 3 is 2.38 bits per heavy atom. The molecule has 13 heavy (non-hydrogen) atoms. The molecule has 0 fully saturated rings. The van der Waals surface area contributed by atoms with Crippen molar-refractivity contribution in [1.82, 2.24) is 0 Å². The van der Waals surface area contributed by atoms with Crippen LogP contribution in [0.25, 0.3) is 0 Å². The zero-order valence-corrected chi connectivity index (χ0v) is 8.24. The van der Waals surface area contributed by atoms with Crippen LogP contribution >= 0.6 is 0 Å². The minimum Gasteiger partial charge on any atom is -0.396 e. The second-order valence-electron chi connectivity index (χ2n) is 3.32. The van der Waals surface area contributed by atoms with E-state index in [1.807, 2.05) is 0 Å². The number of hydrogen-bond acceptors (Lipinski definition) is 3. The zero-order chi connectivity index (χ0) is 9.94. The van der Waals surface area contributed by atoms with Crippen molar-refractivity contribution in [3.05, 3.63) is 7.11 Å². The van der Waals surface area contributed by atoms with Crippen LogP contribution in [0.1, 0.15) is 32.1 Å². The van der Waals surface area contributed by atoms with Crippen molar-refractivity contribution in [3.63, 3.8) is 0 Å². The van der Waals surface area contributed by atoms with E-state index >= 15 is 0 Å². The van der Waals surface area contributed by atoms with Gasteiger partial charge in [0.05, 0.1) is 7.11 Å². The molecule has 0 amide bonds. The van der Waals surface area contributed by atoms with E-state index in [0.29, 0.717) is 12.5 Å². The Balaban J connectivity index is 3.25. The SMILES string of the molecule is [CH2]OCC[C@@H](CO)CCCCCO. The quantitative estimate of drug-likeness (QED) is 0.538. The summed E-state index contributed by atoms with van der Waals surface area (Å²) in [4.78, 5) is 0. The lowest BCUT2D eigenvalue weighted by Crippen LogP contribution is -2.08.